The van der Waals surface area contributed by atoms with Gasteiger partial charge in [0.25, 0.3) is 0 Å². The van der Waals surface area contributed by atoms with Gasteiger partial charge in [-0.25, -0.2) is 0 Å². The number of ketones is 2. The lowest BCUT2D eigenvalue weighted by molar-refractivity contribution is -0.125. The molecule has 5 rings (SSSR count). The van der Waals surface area contributed by atoms with Crippen LogP contribution >= 0.6 is 0 Å². The van der Waals surface area contributed by atoms with Gasteiger partial charge in [-0.1, -0.05) is 18.2 Å². The van der Waals surface area contributed by atoms with Crippen molar-refractivity contribution in [3.63, 3.8) is 0 Å². The Hall–Kier alpha value is -1.94. The highest BCUT2D eigenvalue weighted by Crippen LogP contribution is 2.53. The van der Waals surface area contributed by atoms with Crippen LogP contribution in [0.5, 0.6) is 5.75 Å². The van der Waals surface area contributed by atoms with Gasteiger partial charge in [-0.2, -0.15) is 5.90 Å². The van der Waals surface area contributed by atoms with Gasteiger partial charge in [0.05, 0.1) is 0 Å². The second-order valence-corrected chi connectivity index (χ2v) is 6.72. The third kappa shape index (κ3) is 1.73. The fraction of sp³-hybridized carbons (Fsp3) is 0.444. The van der Waals surface area contributed by atoms with Crippen LogP contribution in [0.4, 0.5) is 0 Å². The summed E-state index contributed by atoms with van der Waals surface area (Å²) in [4.78, 5) is 30.7. The van der Waals surface area contributed by atoms with Gasteiger partial charge in [-0.05, 0) is 54.9 Å². The SMILES string of the molecule is Cc1ccc(ON)cc1C1C(=O)C2C3C=CC(CC3)C2C1=O. The summed E-state index contributed by atoms with van der Waals surface area (Å²) >= 11 is 0. The molecule has 0 aromatic heterocycles. The van der Waals surface area contributed by atoms with Crippen LogP contribution < -0.4 is 10.7 Å². The largest absolute Gasteiger partial charge is 0.412 e. The van der Waals surface area contributed by atoms with Crippen LogP contribution in [-0.4, -0.2) is 11.6 Å². The van der Waals surface area contributed by atoms with E-state index in [4.69, 9.17) is 10.7 Å². The number of allylic oxidation sites excluding steroid dienone is 2. The van der Waals surface area contributed by atoms with Crippen molar-refractivity contribution < 1.29 is 14.4 Å². The number of carbonyl (C=O) groups excluding carboxylic acids is 2. The van der Waals surface area contributed by atoms with E-state index in [1.807, 2.05) is 13.0 Å². The van der Waals surface area contributed by atoms with Gasteiger partial charge in [0.2, 0.25) is 0 Å². The molecule has 2 bridgehead atoms. The number of Topliss-reactive ketones (excluding diaryl/α,β-unsaturated/α-hetero) is 2. The van der Waals surface area contributed by atoms with E-state index in [2.05, 4.69) is 12.2 Å². The average molecular weight is 297 g/mol. The second-order valence-electron chi connectivity index (χ2n) is 6.72. The monoisotopic (exact) mass is 297 g/mol. The first kappa shape index (κ1) is 13.7. The standard InChI is InChI=1S/C18H19NO3/c1-9-2-7-12(22-19)8-13(9)16-17(20)14-10-3-4-11(6-5-10)15(14)18(16)21/h2-4,7-8,10-11,14-16H,5-6,19H2,1H3. The average Bonchev–Trinajstić information content (AvgIpc) is 2.83. The highest BCUT2D eigenvalue weighted by molar-refractivity contribution is 6.16. The summed E-state index contributed by atoms with van der Waals surface area (Å²) in [5, 5.41) is 0. The third-order valence-electron chi connectivity index (χ3n) is 5.67. The minimum Gasteiger partial charge on any atom is -0.412 e. The highest BCUT2D eigenvalue weighted by Gasteiger charge is 2.57. The van der Waals surface area contributed by atoms with Crippen LogP contribution in [0, 0.1) is 30.6 Å². The number of benzene rings is 1. The summed E-state index contributed by atoms with van der Waals surface area (Å²) in [6.07, 6.45) is 6.35. The van der Waals surface area contributed by atoms with Crippen molar-refractivity contribution in [2.24, 2.45) is 29.6 Å². The number of hydrogen-bond acceptors (Lipinski definition) is 4. The quantitative estimate of drug-likeness (QED) is 0.516. The van der Waals surface area contributed by atoms with Gasteiger partial charge in [0.15, 0.2) is 11.6 Å². The van der Waals surface area contributed by atoms with Crippen molar-refractivity contribution in [3.05, 3.63) is 41.5 Å². The topological polar surface area (TPSA) is 69.4 Å². The van der Waals surface area contributed by atoms with Gasteiger partial charge in [-0.3, -0.25) is 9.59 Å². The molecule has 2 saturated carbocycles. The number of nitrogens with two attached hydrogens (primary N) is 1. The molecule has 0 aliphatic heterocycles. The van der Waals surface area contributed by atoms with Gasteiger partial charge in [0, 0.05) is 11.8 Å². The number of carbonyl (C=O) groups is 2. The first-order valence-corrected chi connectivity index (χ1v) is 7.85. The van der Waals surface area contributed by atoms with Crippen LogP contribution in [0.1, 0.15) is 29.9 Å². The van der Waals surface area contributed by atoms with E-state index in [-0.39, 0.29) is 35.2 Å². The molecular weight excluding hydrogens is 278 g/mol. The van der Waals surface area contributed by atoms with E-state index < -0.39 is 5.92 Å². The summed E-state index contributed by atoms with van der Waals surface area (Å²) in [5.74, 6) is 5.48. The molecule has 0 radical (unpaired) electrons. The molecule has 0 heterocycles. The number of hydrogen-bond donors (Lipinski definition) is 1. The molecular formula is C18H19NO3. The zero-order valence-corrected chi connectivity index (χ0v) is 12.5. The molecule has 0 spiro atoms. The number of aryl methyl sites for hydroxylation is 1. The highest BCUT2D eigenvalue weighted by atomic mass is 16.6. The Bertz CT molecular complexity index is 662. The second kappa shape index (κ2) is 4.78. The minimum absolute atomic E-state index is 0.0892. The molecule has 114 valence electrons. The molecule has 4 unspecified atom stereocenters. The fourth-order valence-corrected chi connectivity index (χ4v) is 4.60. The van der Waals surface area contributed by atoms with Crippen molar-refractivity contribution in [2.45, 2.75) is 25.7 Å². The summed E-state index contributed by atoms with van der Waals surface area (Å²) in [7, 11) is 0. The number of rotatable bonds is 2. The smallest absolute Gasteiger partial charge is 0.152 e. The molecule has 1 aromatic carbocycles. The fourth-order valence-electron chi connectivity index (χ4n) is 4.60. The van der Waals surface area contributed by atoms with Crippen LogP contribution in [0.2, 0.25) is 0 Å². The zero-order valence-electron chi connectivity index (χ0n) is 12.5. The molecule has 4 aliphatic carbocycles. The molecule has 0 saturated heterocycles. The Kier molecular flexibility index (Phi) is 2.98. The first-order valence-electron chi connectivity index (χ1n) is 7.85. The Labute approximate surface area is 129 Å². The van der Waals surface area contributed by atoms with Crippen molar-refractivity contribution in [1.29, 1.82) is 0 Å². The Morgan fingerprint density at radius 2 is 1.64 bits per heavy atom. The minimum atomic E-state index is -0.645. The lowest BCUT2D eigenvalue weighted by Gasteiger charge is -2.39. The molecule has 2 fully saturated rings. The Morgan fingerprint density at radius 3 is 2.14 bits per heavy atom. The zero-order chi connectivity index (χ0) is 15.4. The van der Waals surface area contributed by atoms with E-state index >= 15 is 0 Å². The maximum absolute atomic E-state index is 13.0. The predicted octanol–water partition coefficient (Wildman–Crippen LogP) is 2.31. The third-order valence-corrected chi connectivity index (χ3v) is 5.67. The van der Waals surface area contributed by atoms with Crippen LogP contribution in [0.15, 0.2) is 30.4 Å². The van der Waals surface area contributed by atoms with Crippen molar-refractivity contribution in [3.8, 4) is 5.75 Å². The van der Waals surface area contributed by atoms with Crippen molar-refractivity contribution in [2.75, 3.05) is 0 Å². The van der Waals surface area contributed by atoms with E-state index in [1.165, 1.54) is 0 Å². The van der Waals surface area contributed by atoms with E-state index in [0.29, 0.717) is 5.75 Å². The maximum atomic E-state index is 13.0. The van der Waals surface area contributed by atoms with Gasteiger partial charge >= 0.3 is 0 Å². The van der Waals surface area contributed by atoms with E-state index in [0.717, 1.165) is 24.0 Å². The van der Waals surface area contributed by atoms with Gasteiger partial charge < -0.3 is 4.84 Å². The summed E-state index contributed by atoms with van der Waals surface area (Å²) < 4.78 is 0. The molecule has 4 atom stereocenters. The van der Waals surface area contributed by atoms with E-state index in [1.54, 1.807) is 12.1 Å². The molecule has 4 nitrogen and oxygen atoms in total. The molecule has 4 heteroatoms. The molecule has 2 N–H and O–H groups in total. The van der Waals surface area contributed by atoms with E-state index in [9.17, 15) is 9.59 Å². The molecule has 0 amide bonds. The lowest BCUT2D eigenvalue weighted by Crippen LogP contribution is -2.38. The van der Waals surface area contributed by atoms with Crippen LogP contribution in [0.25, 0.3) is 0 Å². The van der Waals surface area contributed by atoms with Gasteiger partial charge in [0.1, 0.15) is 11.7 Å². The normalized spacial score (nSPS) is 35.8. The molecule has 1 aromatic rings. The number of fused-ring (bicyclic) bond motifs is 1. The van der Waals surface area contributed by atoms with Crippen molar-refractivity contribution >= 4 is 11.6 Å². The summed E-state index contributed by atoms with van der Waals surface area (Å²) in [5.41, 5.74) is 1.69. The predicted molar refractivity (Wildman–Crippen MR) is 81.1 cm³/mol. The molecule has 4 aliphatic rings. The Balaban J connectivity index is 1.78. The maximum Gasteiger partial charge on any atom is 0.152 e. The van der Waals surface area contributed by atoms with Crippen LogP contribution in [-0.2, 0) is 9.59 Å². The summed E-state index contributed by atoms with van der Waals surface area (Å²) in [6, 6.07) is 5.34. The van der Waals surface area contributed by atoms with Crippen LogP contribution in [0.3, 0.4) is 0 Å². The Morgan fingerprint density at radius 1 is 1.05 bits per heavy atom. The lowest BCUT2D eigenvalue weighted by atomic mass is 9.63. The van der Waals surface area contributed by atoms with Gasteiger partial charge in [-0.15, -0.1) is 0 Å². The van der Waals surface area contributed by atoms with Crippen molar-refractivity contribution in [1.82, 2.24) is 0 Å². The summed E-state index contributed by atoms with van der Waals surface area (Å²) in [6.45, 7) is 1.92. The molecule has 22 heavy (non-hydrogen) atoms. The first-order chi connectivity index (χ1) is 10.6.